The first kappa shape index (κ1) is 13.4. The van der Waals surface area contributed by atoms with E-state index in [1.54, 1.807) is 0 Å². The Hall–Kier alpha value is -0.540. The van der Waals surface area contributed by atoms with E-state index in [0.717, 1.165) is 29.4 Å². The van der Waals surface area contributed by atoms with Gasteiger partial charge in [-0.05, 0) is 84.1 Å². The first-order valence-corrected chi connectivity index (χ1v) is 8.30. The van der Waals surface area contributed by atoms with Crippen molar-refractivity contribution in [3.63, 3.8) is 0 Å². The quantitative estimate of drug-likeness (QED) is 0.813. The van der Waals surface area contributed by atoms with Crippen LogP contribution in [0.1, 0.15) is 48.8 Å². The lowest BCUT2D eigenvalue weighted by Gasteiger charge is -2.17. The number of phenols is 1. The molecule has 0 spiro atoms. The second-order valence-electron chi connectivity index (χ2n) is 5.89. The van der Waals surface area contributed by atoms with Crippen LogP contribution in [-0.2, 0) is 19.3 Å². The fourth-order valence-electron chi connectivity index (χ4n) is 3.43. The number of fused-ring (bicyclic) bond motifs is 1. The Kier molecular flexibility index (Phi) is 4.13. The molecule has 3 heteroatoms. The van der Waals surface area contributed by atoms with Crippen molar-refractivity contribution in [2.45, 2.75) is 57.4 Å². The fourth-order valence-corrected chi connectivity index (χ4v) is 4.14. The SMILES string of the molecule is Oc1c(CC2CCCN2)cc2c(c1Br)CCCCC2. The predicted octanol–water partition coefficient (Wildman–Crippen LogP) is 3.72. The highest BCUT2D eigenvalue weighted by atomic mass is 79.9. The van der Waals surface area contributed by atoms with E-state index >= 15 is 0 Å². The lowest BCUT2D eigenvalue weighted by molar-refractivity contribution is 0.457. The highest BCUT2D eigenvalue weighted by Crippen LogP contribution is 2.38. The van der Waals surface area contributed by atoms with Gasteiger partial charge in [0.2, 0.25) is 0 Å². The Morgan fingerprint density at radius 2 is 2.05 bits per heavy atom. The second-order valence-corrected chi connectivity index (χ2v) is 6.69. The van der Waals surface area contributed by atoms with Crippen LogP contribution in [0.4, 0.5) is 0 Å². The van der Waals surface area contributed by atoms with Crippen LogP contribution in [0.15, 0.2) is 10.5 Å². The van der Waals surface area contributed by atoms with E-state index in [4.69, 9.17) is 0 Å². The summed E-state index contributed by atoms with van der Waals surface area (Å²) in [6.07, 6.45) is 9.55. The summed E-state index contributed by atoms with van der Waals surface area (Å²) >= 11 is 3.63. The highest BCUT2D eigenvalue weighted by Gasteiger charge is 2.21. The molecule has 0 amide bonds. The number of rotatable bonds is 2. The number of phenolic OH excluding ortho intramolecular Hbond substituents is 1. The molecule has 2 N–H and O–H groups in total. The highest BCUT2D eigenvalue weighted by molar-refractivity contribution is 9.10. The number of nitrogens with one attached hydrogen (secondary N) is 1. The number of hydrogen-bond donors (Lipinski definition) is 2. The summed E-state index contributed by atoms with van der Waals surface area (Å²) in [5.41, 5.74) is 3.92. The maximum absolute atomic E-state index is 10.4. The second kappa shape index (κ2) is 5.84. The van der Waals surface area contributed by atoms with Gasteiger partial charge in [-0.2, -0.15) is 0 Å². The molecule has 104 valence electrons. The molecule has 1 atom stereocenters. The standard InChI is InChI=1S/C16H22BrNO/c17-15-14-7-3-1-2-5-11(14)9-12(16(15)19)10-13-6-4-8-18-13/h9,13,18-19H,1-8,10H2. The van der Waals surface area contributed by atoms with Crippen molar-refractivity contribution >= 4 is 15.9 Å². The zero-order chi connectivity index (χ0) is 13.2. The molecule has 0 aromatic heterocycles. The number of hydrogen-bond acceptors (Lipinski definition) is 2. The van der Waals surface area contributed by atoms with Gasteiger partial charge >= 0.3 is 0 Å². The number of aryl methyl sites for hydroxylation is 1. The van der Waals surface area contributed by atoms with Crippen molar-refractivity contribution in [1.82, 2.24) is 5.32 Å². The van der Waals surface area contributed by atoms with E-state index in [9.17, 15) is 5.11 Å². The molecule has 1 unspecified atom stereocenters. The van der Waals surface area contributed by atoms with Gasteiger partial charge in [0.15, 0.2) is 0 Å². The normalized spacial score (nSPS) is 23.1. The van der Waals surface area contributed by atoms with E-state index in [-0.39, 0.29) is 0 Å². The summed E-state index contributed by atoms with van der Waals surface area (Å²) in [6, 6.07) is 2.81. The monoisotopic (exact) mass is 323 g/mol. The van der Waals surface area contributed by atoms with E-state index in [0.29, 0.717) is 11.8 Å². The summed E-state index contributed by atoms with van der Waals surface area (Å²) in [4.78, 5) is 0. The average molecular weight is 324 g/mol. The van der Waals surface area contributed by atoms with Crippen molar-refractivity contribution in [2.75, 3.05) is 6.54 Å². The minimum Gasteiger partial charge on any atom is -0.506 e. The van der Waals surface area contributed by atoms with E-state index in [2.05, 4.69) is 27.3 Å². The first-order valence-electron chi connectivity index (χ1n) is 7.51. The summed E-state index contributed by atoms with van der Waals surface area (Å²) in [5.74, 6) is 0.481. The van der Waals surface area contributed by atoms with Gasteiger partial charge < -0.3 is 10.4 Å². The minimum atomic E-state index is 0.481. The predicted molar refractivity (Wildman–Crippen MR) is 81.8 cm³/mol. The molecule has 1 aliphatic heterocycles. The maximum Gasteiger partial charge on any atom is 0.133 e. The van der Waals surface area contributed by atoms with Gasteiger partial charge in [0, 0.05) is 6.04 Å². The van der Waals surface area contributed by atoms with Gasteiger partial charge in [0.25, 0.3) is 0 Å². The lowest BCUT2D eigenvalue weighted by atomic mass is 9.95. The fraction of sp³-hybridized carbons (Fsp3) is 0.625. The molecule has 2 nitrogen and oxygen atoms in total. The Bertz CT molecular complexity index is 466. The number of aromatic hydroxyl groups is 1. The molecular formula is C16H22BrNO. The van der Waals surface area contributed by atoms with Crippen LogP contribution >= 0.6 is 15.9 Å². The molecule has 1 heterocycles. The Morgan fingerprint density at radius 1 is 1.21 bits per heavy atom. The van der Waals surface area contributed by atoms with Crippen molar-refractivity contribution < 1.29 is 5.11 Å². The molecule has 19 heavy (non-hydrogen) atoms. The third-order valence-corrected chi connectivity index (χ3v) is 5.37. The molecule has 1 aromatic carbocycles. The van der Waals surface area contributed by atoms with Gasteiger partial charge in [0.1, 0.15) is 5.75 Å². The molecular weight excluding hydrogens is 302 g/mol. The first-order chi connectivity index (χ1) is 9.25. The van der Waals surface area contributed by atoms with Crippen molar-refractivity contribution in [3.8, 4) is 5.75 Å². The molecule has 3 rings (SSSR count). The van der Waals surface area contributed by atoms with Crippen LogP contribution in [-0.4, -0.2) is 17.7 Å². The molecule has 0 radical (unpaired) electrons. The summed E-state index contributed by atoms with van der Waals surface area (Å²) in [7, 11) is 0. The molecule has 1 saturated heterocycles. The zero-order valence-corrected chi connectivity index (χ0v) is 12.9. The molecule has 1 aromatic rings. The lowest BCUT2D eigenvalue weighted by Crippen LogP contribution is -2.23. The average Bonchev–Trinajstić information content (AvgIpc) is 2.80. The molecule has 1 aliphatic carbocycles. The van der Waals surface area contributed by atoms with Crippen molar-refractivity contribution in [1.29, 1.82) is 0 Å². The largest absolute Gasteiger partial charge is 0.506 e. The molecule has 0 bridgehead atoms. The number of halogens is 1. The summed E-state index contributed by atoms with van der Waals surface area (Å²) < 4.78 is 0.958. The van der Waals surface area contributed by atoms with Crippen molar-refractivity contribution in [2.24, 2.45) is 0 Å². The van der Waals surface area contributed by atoms with Crippen molar-refractivity contribution in [3.05, 3.63) is 27.2 Å². The third kappa shape index (κ3) is 2.82. The smallest absolute Gasteiger partial charge is 0.133 e. The van der Waals surface area contributed by atoms with Gasteiger partial charge in [-0.25, -0.2) is 0 Å². The van der Waals surface area contributed by atoms with Crippen LogP contribution in [0.3, 0.4) is 0 Å². The zero-order valence-electron chi connectivity index (χ0n) is 11.3. The van der Waals surface area contributed by atoms with Crippen LogP contribution in [0.25, 0.3) is 0 Å². The minimum absolute atomic E-state index is 0.481. The maximum atomic E-state index is 10.4. The Morgan fingerprint density at radius 3 is 2.84 bits per heavy atom. The van der Waals surface area contributed by atoms with Gasteiger partial charge in [-0.1, -0.05) is 12.5 Å². The van der Waals surface area contributed by atoms with E-state index in [1.807, 2.05) is 0 Å². The van der Waals surface area contributed by atoms with Crippen LogP contribution in [0.2, 0.25) is 0 Å². The van der Waals surface area contributed by atoms with Crippen LogP contribution < -0.4 is 5.32 Å². The number of benzene rings is 1. The van der Waals surface area contributed by atoms with Crippen LogP contribution in [0, 0.1) is 0 Å². The summed E-state index contributed by atoms with van der Waals surface area (Å²) in [6.45, 7) is 1.12. The van der Waals surface area contributed by atoms with Crippen LogP contribution in [0.5, 0.6) is 5.75 Å². The topological polar surface area (TPSA) is 32.3 Å². The van der Waals surface area contributed by atoms with Gasteiger partial charge in [0.05, 0.1) is 4.47 Å². The van der Waals surface area contributed by atoms with E-state index in [1.165, 1.54) is 49.7 Å². The van der Waals surface area contributed by atoms with Gasteiger partial charge in [-0.15, -0.1) is 0 Å². The van der Waals surface area contributed by atoms with E-state index < -0.39 is 0 Å². The summed E-state index contributed by atoms with van der Waals surface area (Å²) in [5, 5.41) is 13.9. The third-order valence-electron chi connectivity index (χ3n) is 4.51. The Labute approximate surface area is 123 Å². The molecule has 2 aliphatic rings. The molecule has 0 saturated carbocycles. The molecule has 1 fully saturated rings. The van der Waals surface area contributed by atoms with Gasteiger partial charge in [-0.3, -0.25) is 0 Å². The Balaban J connectivity index is 1.91.